The van der Waals surface area contributed by atoms with Crippen LogP contribution in [0.25, 0.3) is 0 Å². The van der Waals surface area contributed by atoms with E-state index in [0.717, 1.165) is 4.90 Å². The van der Waals surface area contributed by atoms with Crippen molar-refractivity contribution in [2.75, 3.05) is 59.2 Å². The fourth-order valence-corrected chi connectivity index (χ4v) is 5.97. The summed E-state index contributed by atoms with van der Waals surface area (Å²) in [6, 6.07) is -12.7. The molecule has 1 saturated heterocycles. The molecule has 1 rings (SSSR count). The number of hydrogen-bond donors (Lipinski definition) is 19. The third-order valence-corrected chi connectivity index (χ3v) is 9.53. The number of carbonyl (C=O) groups is 12. The predicted octanol–water partition coefficient (Wildman–Crippen LogP) is -11.6. The molecule has 0 aromatic carbocycles. The van der Waals surface area contributed by atoms with E-state index < -0.39 is 178 Å². The highest BCUT2D eigenvalue weighted by Gasteiger charge is 2.39. The molecule has 32 heteroatoms. The van der Waals surface area contributed by atoms with Crippen molar-refractivity contribution < 1.29 is 88.2 Å². The standard InChI is InChI=1S/C36H60N14O18/c1-16(35(67)68)43-33(65)23-5-3-7-50(23)34(66)22(15-54)49-30(62)18(8-27(58)59)45-26(57)11-41-28(60)17(4-2-6-40-36(38)39)44-25(56)10-42-29(61)19(12-51)47-32(64)21(14-53)48-31(63)20(13-52)46-24(55)9-37/h16-23,51-54H,2-15,37H2,1H3,(H,41,60)(H,42,61)(H,43,65)(H,44,56)(H,45,57)(H,46,55)(H,47,64)(H,48,63)(H,49,62)(H,58,59)(H,67,68)(H4,38,39,40)/t16-,17+,18+,19+,20+,21-,22-,23?/m0/s1. The average Bonchev–Trinajstić information content (AvgIpc) is 3.79. The van der Waals surface area contributed by atoms with Crippen LogP contribution >= 0.6 is 0 Å². The van der Waals surface area contributed by atoms with Crippen molar-refractivity contribution in [3.8, 4) is 0 Å². The summed E-state index contributed by atoms with van der Waals surface area (Å²) in [5.41, 5.74) is 10.4. The minimum Gasteiger partial charge on any atom is -0.481 e. The van der Waals surface area contributed by atoms with Crippen molar-refractivity contribution in [3.63, 3.8) is 0 Å². The van der Waals surface area contributed by atoms with Gasteiger partial charge in [-0.15, -0.1) is 0 Å². The summed E-state index contributed by atoms with van der Waals surface area (Å²) in [5, 5.41) is 86.1. The van der Waals surface area contributed by atoms with Crippen LogP contribution in [0.2, 0.25) is 0 Å². The number of nitrogens with one attached hydrogen (secondary N) is 11. The molecule has 68 heavy (non-hydrogen) atoms. The number of rotatable bonds is 30. The number of carboxylic acids is 2. The van der Waals surface area contributed by atoms with Crippen LogP contribution in [0.5, 0.6) is 0 Å². The van der Waals surface area contributed by atoms with E-state index in [1.807, 2.05) is 10.6 Å². The van der Waals surface area contributed by atoms with Crippen molar-refractivity contribution in [2.45, 2.75) is 87.4 Å². The van der Waals surface area contributed by atoms with E-state index in [2.05, 4.69) is 42.5 Å². The summed E-state index contributed by atoms with van der Waals surface area (Å²) in [4.78, 5) is 151. The second-order valence-electron chi connectivity index (χ2n) is 14.8. The quantitative estimate of drug-likeness (QED) is 0.0180. The molecular weight excluding hydrogens is 916 g/mol. The van der Waals surface area contributed by atoms with Crippen LogP contribution in [0, 0.1) is 5.41 Å². The Morgan fingerprint density at radius 2 is 1.07 bits per heavy atom. The van der Waals surface area contributed by atoms with Crippen molar-refractivity contribution in [3.05, 3.63) is 0 Å². The van der Waals surface area contributed by atoms with Gasteiger partial charge in [-0.1, -0.05) is 0 Å². The van der Waals surface area contributed by atoms with Gasteiger partial charge in [0.2, 0.25) is 59.1 Å². The maximum Gasteiger partial charge on any atom is 0.325 e. The summed E-state index contributed by atoms with van der Waals surface area (Å²) >= 11 is 0. The van der Waals surface area contributed by atoms with E-state index in [-0.39, 0.29) is 32.4 Å². The summed E-state index contributed by atoms with van der Waals surface area (Å²) in [5.74, 6) is -14.0. The summed E-state index contributed by atoms with van der Waals surface area (Å²) in [6.07, 6.45) is -0.767. The summed E-state index contributed by atoms with van der Waals surface area (Å²) in [7, 11) is 0. The molecule has 0 aliphatic carbocycles. The smallest absolute Gasteiger partial charge is 0.325 e. The van der Waals surface area contributed by atoms with Crippen molar-refractivity contribution in [2.24, 2.45) is 11.5 Å². The predicted molar refractivity (Wildman–Crippen MR) is 226 cm³/mol. The first-order valence-corrected chi connectivity index (χ1v) is 20.6. The molecular formula is C36H60N14O18. The monoisotopic (exact) mass is 976 g/mol. The number of likely N-dealkylation sites (tertiary alicyclic amines) is 1. The zero-order chi connectivity index (χ0) is 51.7. The lowest BCUT2D eigenvalue weighted by Gasteiger charge is -2.29. The van der Waals surface area contributed by atoms with E-state index in [0.29, 0.717) is 6.42 Å². The first kappa shape index (κ1) is 58.7. The van der Waals surface area contributed by atoms with E-state index in [1.165, 1.54) is 6.92 Å². The Balaban J connectivity index is 2.98. The van der Waals surface area contributed by atoms with Crippen LogP contribution in [0.4, 0.5) is 0 Å². The maximum atomic E-state index is 13.3. The Kier molecular flexibility index (Phi) is 26.0. The molecule has 1 fully saturated rings. The number of carbonyl (C=O) groups excluding carboxylic acids is 10. The van der Waals surface area contributed by atoms with Gasteiger partial charge in [0.25, 0.3) is 0 Å². The number of aliphatic hydroxyl groups excluding tert-OH is 4. The van der Waals surface area contributed by atoms with Gasteiger partial charge in [-0.05, 0) is 32.6 Å². The highest BCUT2D eigenvalue weighted by molar-refractivity contribution is 5.98. The molecule has 0 aromatic rings. The third-order valence-electron chi connectivity index (χ3n) is 9.53. The zero-order valence-corrected chi connectivity index (χ0v) is 36.7. The number of guanidine groups is 1. The summed E-state index contributed by atoms with van der Waals surface area (Å²) in [6.45, 7) is -5.26. The lowest BCUT2D eigenvalue weighted by Crippen LogP contribution is -2.59. The van der Waals surface area contributed by atoms with Gasteiger partial charge >= 0.3 is 11.9 Å². The lowest BCUT2D eigenvalue weighted by molar-refractivity contribution is -0.145. The molecule has 21 N–H and O–H groups in total. The molecule has 0 bridgehead atoms. The highest BCUT2D eigenvalue weighted by atomic mass is 16.4. The van der Waals surface area contributed by atoms with Crippen molar-refractivity contribution >= 4 is 77.0 Å². The molecule has 0 saturated carbocycles. The van der Waals surface area contributed by atoms with E-state index >= 15 is 0 Å². The summed E-state index contributed by atoms with van der Waals surface area (Å²) < 4.78 is 0. The van der Waals surface area contributed by atoms with Gasteiger partial charge < -0.3 is 100 Å². The van der Waals surface area contributed by atoms with E-state index in [4.69, 9.17) is 22.0 Å². The second-order valence-corrected chi connectivity index (χ2v) is 14.8. The molecule has 1 unspecified atom stereocenters. The Labute approximate surface area is 386 Å². The Morgan fingerprint density at radius 1 is 0.618 bits per heavy atom. The average molecular weight is 977 g/mol. The lowest BCUT2D eigenvalue weighted by atomic mass is 10.1. The normalized spacial score (nSPS) is 16.0. The van der Waals surface area contributed by atoms with Gasteiger partial charge in [0, 0.05) is 13.1 Å². The number of aliphatic carboxylic acids is 2. The Morgan fingerprint density at radius 3 is 1.56 bits per heavy atom. The van der Waals surface area contributed by atoms with Crippen molar-refractivity contribution in [1.29, 1.82) is 5.41 Å². The first-order chi connectivity index (χ1) is 32.0. The molecule has 1 aliphatic rings. The highest BCUT2D eigenvalue weighted by Crippen LogP contribution is 2.19. The van der Waals surface area contributed by atoms with Gasteiger partial charge in [-0.3, -0.25) is 62.9 Å². The van der Waals surface area contributed by atoms with Crippen LogP contribution in [0.3, 0.4) is 0 Å². The minimum absolute atomic E-state index is 0.0151. The van der Waals surface area contributed by atoms with Crippen LogP contribution in [0.15, 0.2) is 0 Å². The maximum absolute atomic E-state index is 13.3. The molecule has 1 aliphatic heterocycles. The van der Waals surface area contributed by atoms with Crippen LogP contribution in [0.1, 0.15) is 39.0 Å². The fourth-order valence-electron chi connectivity index (χ4n) is 5.97. The molecule has 1 heterocycles. The van der Waals surface area contributed by atoms with Crippen molar-refractivity contribution in [1.82, 2.24) is 58.1 Å². The Hall–Kier alpha value is -7.29. The largest absolute Gasteiger partial charge is 0.481 e. The van der Waals surface area contributed by atoms with E-state index in [9.17, 15) is 83.1 Å². The van der Waals surface area contributed by atoms with Gasteiger partial charge in [-0.25, -0.2) is 0 Å². The number of amides is 10. The molecule has 32 nitrogen and oxygen atoms in total. The number of nitrogens with two attached hydrogens (primary N) is 2. The molecule has 10 amide bonds. The molecule has 8 atom stereocenters. The first-order valence-electron chi connectivity index (χ1n) is 20.6. The molecule has 0 spiro atoms. The SMILES string of the molecule is C[C@H](NC(=O)C1CCCN1C(=O)[C@H](CO)NC(=O)[C@@H](CC(=O)O)NC(=O)CNC(=O)[C@@H](CCCNC(=N)N)NC(=O)CNC(=O)[C@@H](CO)NC(=O)[C@H](CO)NC(=O)[C@@H](CO)NC(=O)CN)C(=O)O. The number of nitrogens with zero attached hydrogens (tertiary/aromatic N) is 1. The molecule has 0 radical (unpaired) electrons. The van der Waals surface area contributed by atoms with Gasteiger partial charge in [0.15, 0.2) is 5.96 Å². The van der Waals surface area contributed by atoms with Gasteiger partial charge in [0.05, 0.1) is 52.5 Å². The van der Waals surface area contributed by atoms with Crippen LogP contribution in [-0.2, 0) is 57.5 Å². The Bertz CT molecular complexity index is 1860. The van der Waals surface area contributed by atoms with Crippen LogP contribution < -0.4 is 64.6 Å². The second kappa shape index (κ2) is 30.1. The minimum atomic E-state index is -1.90. The third kappa shape index (κ3) is 20.5. The van der Waals surface area contributed by atoms with E-state index in [1.54, 1.807) is 0 Å². The van der Waals surface area contributed by atoms with Crippen LogP contribution in [-0.4, -0.2) is 220 Å². The van der Waals surface area contributed by atoms with Gasteiger partial charge in [-0.2, -0.15) is 0 Å². The fraction of sp³-hybridized carbons (Fsp3) is 0.639. The number of aliphatic hydroxyl groups is 4. The zero-order valence-electron chi connectivity index (χ0n) is 36.7. The number of carboxylic acid groups (broad SMARTS) is 2. The van der Waals surface area contributed by atoms with Gasteiger partial charge in [0.1, 0.15) is 48.3 Å². The number of hydrogen-bond acceptors (Lipinski definition) is 18. The topological polar surface area (TPSA) is 526 Å². The molecule has 0 aromatic heterocycles. The molecule has 382 valence electrons.